The van der Waals surface area contributed by atoms with Crippen molar-refractivity contribution in [2.75, 3.05) is 0 Å². The highest BCUT2D eigenvalue weighted by atomic mass is 16.1. The molecule has 2 nitrogen and oxygen atoms in total. The molecule has 2 heteroatoms. The molecule has 15 heavy (non-hydrogen) atoms. The molecule has 2 rings (SSSR count). The van der Waals surface area contributed by atoms with Crippen LogP contribution in [0.1, 0.15) is 21.5 Å². The van der Waals surface area contributed by atoms with Gasteiger partial charge in [-0.3, -0.25) is 4.79 Å². The lowest BCUT2D eigenvalue weighted by molar-refractivity contribution is 0.0993. The molecule has 1 N–H and O–H groups in total. The third-order valence-corrected chi connectivity index (χ3v) is 2.33. The Hall–Kier alpha value is -1.83. The van der Waals surface area contributed by atoms with E-state index in [-0.39, 0.29) is 5.78 Å². The first-order valence-corrected chi connectivity index (χ1v) is 4.89. The normalized spacial score (nSPS) is 10.2. The SMILES string of the molecule is Cc1ccc(C(=O)Cc2[c][nH]cc2)cc1. The molecule has 0 amide bonds. The van der Waals surface area contributed by atoms with Crippen molar-refractivity contribution in [3.05, 3.63) is 59.4 Å². The van der Waals surface area contributed by atoms with Gasteiger partial charge in [-0.2, -0.15) is 0 Å². The van der Waals surface area contributed by atoms with E-state index in [4.69, 9.17) is 0 Å². The second kappa shape index (κ2) is 4.13. The zero-order valence-electron chi connectivity index (χ0n) is 8.58. The Bertz CT molecular complexity index is 440. The van der Waals surface area contributed by atoms with Crippen LogP contribution in [-0.4, -0.2) is 10.8 Å². The predicted molar refractivity (Wildman–Crippen MR) is 58.8 cm³/mol. The summed E-state index contributed by atoms with van der Waals surface area (Å²) in [5.41, 5.74) is 2.83. The lowest BCUT2D eigenvalue weighted by Gasteiger charge is -1.99. The number of nitrogens with one attached hydrogen (secondary N) is 1. The molecule has 75 valence electrons. The minimum absolute atomic E-state index is 0.130. The number of Topliss-reactive ketones (excluding diaryl/α,β-unsaturated/α-hetero) is 1. The molecule has 0 spiro atoms. The first kappa shape index (κ1) is 9.71. The van der Waals surface area contributed by atoms with E-state index < -0.39 is 0 Å². The molecule has 0 fully saturated rings. The van der Waals surface area contributed by atoms with Crippen molar-refractivity contribution in [3.63, 3.8) is 0 Å². The molecule has 0 atom stereocenters. The molecule has 1 aromatic carbocycles. The lowest BCUT2D eigenvalue weighted by Crippen LogP contribution is -2.02. The molecule has 1 aromatic heterocycles. The van der Waals surface area contributed by atoms with Crippen molar-refractivity contribution in [1.82, 2.24) is 4.98 Å². The van der Waals surface area contributed by atoms with E-state index in [0.717, 1.165) is 11.1 Å². The zero-order valence-corrected chi connectivity index (χ0v) is 8.58. The van der Waals surface area contributed by atoms with Gasteiger partial charge in [0, 0.05) is 18.2 Å². The van der Waals surface area contributed by atoms with E-state index in [0.29, 0.717) is 6.42 Å². The van der Waals surface area contributed by atoms with Crippen LogP contribution in [0, 0.1) is 13.1 Å². The number of ketones is 1. The summed E-state index contributed by atoms with van der Waals surface area (Å²) in [6, 6.07) is 9.50. The maximum Gasteiger partial charge on any atom is 0.167 e. The Balaban J connectivity index is 2.11. The molecule has 0 saturated heterocycles. The number of hydrogen-bond acceptors (Lipinski definition) is 1. The number of H-pyrrole nitrogens is 1. The zero-order chi connectivity index (χ0) is 10.7. The van der Waals surface area contributed by atoms with Crippen molar-refractivity contribution >= 4 is 5.78 Å². The fraction of sp³-hybridized carbons (Fsp3) is 0.154. The van der Waals surface area contributed by atoms with Gasteiger partial charge in [0.1, 0.15) is 0 Å². The van der Waals surface area contributed by atoms with Gasteiger partial charge < -0.3 is 4.98 Å². The van der Waals surface area contributed by atoms with Crippen molar-refractivity contribution < 1.29 is 4.79 Å². The number of carbonyl (C=O) groups excluding carboxylic acids is 1. The number of aromatic amines is 1. The maximum absolute atomic E-state index is 11.8. The third kappa shape index (κ3) is 2.34. The Kier molecular flexibility index (Phi) is 2.68. The van der Waals surface area contributed by atoms with Crippen molar-refractivity contribution in [3.8, 4) is 0 Å². The third-order valence-electron chi connectivity index (χ3n) is 2.33. The van der Waals surface area contributed by atoms with Crippen LogP contribution in [0.4, 0.5) is 0 Å². The number of carbonyl (C=O) groups is 1. The summed E-state index contributed by atoms with van der Waals surface area (Å²) < 4.78 is 0. The Morgan fingerprint density at radius 1 is 1.27 bits per heavy atom. The van der Waals surface area contributed by atoms with E-state index >= 15 is 0 Å². The van der Waals surface area contributed by atoms with Crippen LogP contribution < -0.4 is 0 Å². The van der Waals surface area contributed by atoms with Gasteiger partial charge in [-0.15, -0.1) is 0 Å². The van der Waals surface area contributed by atoms with Gasteiger partial charge in [-0.1, -0.05) is 29.8 Å². The van der Waals surface area contributed by atoms with Crippen LogP contribution >= 0.6 is 0 Å². The van der Waals surface area contributed by atoms with Crippen molar-refractivity contribution in [1.29, 1.82) is 0 Å². The molecule has 0 aliphatic carbocycles. The van der Waals surface area contributed by atoms with Crippen molar-refractivity contribution in [2.45, 2.75) is 13.3 Å². The highest BCUT2D eigenvalue weighted by Gasteiger charge is 2.06. The van der Waals surface area contributed by atoms with E-state index in [2.05, 4.69) is 11.2 Å². The highest BCUT2D eigenvalue weighted by molar-refractivity contribution is 5.97. The molecule has 0 aliphatic rings. The smallest absolute Gasteiger partial charge is 0.167 e. The molecule has 0 unspecified atom stereocenters. The van der Waals surface area contributed by atoms with Gasteiger partial charge in [-0.25, -0.2) is 0 Å². The standard InChI is InChI=1S/C13H12NO/c1-10-2-4-12(5-3-10)13(15)8-11-6-7-14-9-11/h2-7,14H,8H2,1H3. The summed E-state index contributed by atoms with van der Waals surface area (Å²) in [6.07, 6.45) is 5.09. The van der Waals surface area contributed by atoms with Gasteiger partial charge >= 0.3 is 0 Å². The summed E-state index contributed by atoms with van der Waals surface area (Å²) in [5.74, 6) is 0.130. The van der Waals surface area contributed by atoms with Gasteiger partial charge in [0.05, 0.1) is 6.20 Å². The molecule has 0 saturated carbocycles. The second-order valence-electron chi connectivity index (χ2n) is 3.59. The largest absolute Gasteiger partial charge is 0.360 e. The van der Waals surface area contributed by atoms with Crippen LogP contribution in [0.3, 0.4) is 0 Å². The van der Waals surface area contributed by atoms with E-state index in [1.807, 2.05) is 37.3 Å². The first-order valence-electron chi connectivity index (χ1n) is 4.89. The summed E-state index contributed by atoms with van der Waals surface area (Å²) >= 11 is 0. The van der Waals surface area contributed by atoms with Crippen LogP contribution in [0.2, 0.25) is 0 Å². The molecular weight excluding hydrogens is 186 g/mol. The maximum atomic E-state index is 11.8. The minimum atomic E-state index is 0.130. The lowest BCUT2D eigenvalue weighted by atomic mass is 10.0. The number of benzene rings is 1. The molecule has 1 heterocycles. The highest BCUT2D eigenvalue weighted by Crippen LogP contribution is 2.08. The molecule has 2 aromatic rings. The van der Waals surface area contributed by atoms with E-state index in [9.17, 15) is 4.79 Å². The minimum Gasteiger partial charge on any atom is -0.360 e. The molecule has 0 aliphatic heterocycles. The quantitative estimate of drug-likeness (QED) is 0.755. The van der Waals surface area contributed by atoms with Crippen molar-refractivity contribution in [2.24, 2.45) is 0 Å². The number of hydrogen-bond donors (Lipinski definition) is 1. The summed E-state index contributed by atoms with van der Waals surface area (Å²) in [4.78, 5) is 14.6. The topological polar surface area (TPSA) is 32.9 Å². The van der Waals surface area contributed by atoms with Gasteiger partial charge in [0.25, 0.3) is 0 Å². The van der Waals surface area contributed by atoms with Gasteiger partial charge in [-0.05, 0) is 18.6 Å². The monoisotopic (exact) mass is 198 g/mol. The fourth-order valence-electron chi connectivity index (χ4n) is 1.44. The van der Waals surface area contributed by atoms with Gasteiger partial charge in [0.15, 0.2) is 5.78 Å². The average Bonchev–Trinajstić information content (AvgIpc) is 2.71. The summed E-state index contributed by atoms with van der Waals surface area (Å²) in [6.45, 7) is 2.01. The first-order chi connectivity index (χ1) is 7.25. The molecular formula is C13H12NO. The van der Waals surface area contributed by atoms with E-state index in [1.165, 1.54) is 5.56 Å². The predicted octanol–water partition coefficient (Wildman–Crippen LogP) is 2.55. The summed E-state index contributed by atoms with van der Waals surface area (Å²) in [5, 5.41) is 0. The van der Waals surface area contributed by atoms with Crippen LogP contribution in [0.15, 0.2) is 36.5 Å². The van der Waals surface area contributed by atoms with Crippen LogP contribution in [0.25, 0.3) is 0 Å². The number of aromatic nitrogens is 1. The number of aryl methyl sites for hydroxylation is 1. The van der Waals surface area contributed by atoms with Crippen LogP contribution in [0.5, 0.6) is 0 Å². The number of rotatable bonds is 3. The Morgan fingerprint density at radius 2 is 2.00 bits per heavy atom. The molecule has 1 radical (unpaired) electrons. The fourth-order valence-corrected chi connectivity index (χ4v) is 1.44. The Morgan fingerprint density at radius 3 is 2.60 bits per heavy atom. The molecule has 0 bridgehead atoms. The van der Waals surface area contributed by atoms with Crippen LogP contribution in [-0.2, 0) is 6.42 Å². The summed E-state index contributed by atoms with van der Waals surface area (Å²) in [7, 11) is 0. The second-order valence-corrected chi connectivity index (χ2v) is 3.59. The van der Waals surface area contributed by atoms with Gasteiger partial charge in [0.2, 0.25) is 0 Å². The van der Waals surface area contributed by atoms with E-state index in [1.54, 1.807) is 6.20 Å². The average molecular weight is 198 g/mol. The Labute approximate surface area is 89.0 Å².